The number of aryl methyl sites for hydroxylation is 1. The summed E-state index contributed by atoms with van der Waals surface area (Å²) in [4.78, 5) is 42.7. The number of hydrogen-bond donors (Lipinski definition) is 2. The number of aromatic nitrogens is 1. The molecule has 0 saturated carbocycles. The minimum absolute atomic E-state index is 0.0159. The Labute approximate surface area is 193 Å². The van der Waals surface area contributed by atoms with Crippen LogP contribution in [0.2, 0.25) is 0 Å². The van der Waals surface area contributed by atoms with Crippen molar-refractivity contribution in [2.75, 3.05) is 13.2 Å². The highest BCUT2D eigenvalue weighted by atomic mass is 32.1. The number of urea groups is 1. The number of oxazole rings is 1. The van der Waals surface area contributed by atoms with Gasteiger partial charge in [-0.3, -0.25) is 0 Å². The summed E-state index contributed by atoms with van der Waals surface area (Å²) in [7, 11) is 0. The fourth-order valence-electron chi connectivity index (χ4n) is 3.35. The van der Waals surface area contributed by atoms with E-state index in [1.54, 1.807) is 19.9 Å². The summed E-state index contributed by atoms with van der Waals surface area (Å²) in [6.45, 7) is 3.10. The van der Waals surface area contributed by atoms with Gasteiger partial charge in [-0.15, -0.1) is 11.3 Å². The van der Waals surface area contributed by atoms with E-state index < -0.39 is 24.0 Å². The predicted octanol–water partition coefficient (Wildman–Crippen LogP) is 3.74. The summed E-state index contributed by atoms with van der Waals surface area (Å²) in [5.74, 6) is -0.767. The molecule has 3 heterocycles. The van der Waals surface area contributed by atoms with Gasteiger partial charge in [0.1, 0.15) is 12.4 Å². The normalized spacial score (nSPS) is 15.6. The summed E-state index contributed by atoms with van der Waals surface area (Å²) in [6.07, 6.45) is 0. The lowest BCUT2D eigenvalue weighted by Gasteiger charge is -2.28. The van der Waals surface area contributed by atoms with Crippen LogP contribution >= 0.6 is 11.3 Å². The van der Waals surface area contributed by atoms with Crippen LogP contribution in [-0.2, 0) is 14.3 Å². The number of thiophene rings is 1. The van der Waals surface area contributed by atoms with Crippen molar-refractivity contribution in [3.8, 4) is 11.5 Å². The average molecular weight is 468 g/mol. The summed E-state index contributed by atoms with van der Waals surface area (Å²) in [5.41, 5.74) is 1.06. The molecule has 1 atom stereocenters. The Morgan fingerprint density at radius 2 is 1.91 bits per heavy atom. The lowest BCUT2D eigenvalue weighted by molar-refractivity contribution is -0.139. The number of benzene rings is 1. The zero-order valence-electron chi connectivity index (χ0n) is 17.9. The van der Waals surface area contributed by atoms with Crippen LogP contribution in [0.1, 0.15) is 34.1 Å². The maximum atomic E-state index is 12.7. The Morgan fingerprint density at radius 3 is 2.61 bits per heavy atom. The maximum absolute atomic E-state index is 12.7. The van der Waals surface area contributed by atoms with Gasteiger partial charge in [-0.1, -0.05) is 24.3 Å². The largest absolute Gasteiger partial charge is 0.463 e. The number of esters is 2. The van der Waals surface area contributed by atoms with Gasteiger partial charge in [0.2, 0.25) is 5.89 Å². The summed E-state index contributed by atoms with van der Waals surface area (Å²) < 4.78 is 16.2. The van der Waals surface area contributed by atoms with Crippen molar-refractivity contribution in [1.82, 2.24) is 15.6 Å². The first-order valence-electron chi connectivity index (χ1n) is 10.2. The molecule has 9 nitrogen and oxygen atoms in total. The molecule has 1 aliphatic heterocycles. The molecule has 4 rings (SSSR count). The van der Waals surface area contributed by atoms with Crippen LogP contribution in [0.5, 0.6) is 0 Å². The van der Waals surface area contributed by atoms with Gasteiger partial charge in [-0.25, -0.2) is 19.4 Å². The quantitative estimate of drug-likeness (QED) is 0.508. The van der Waals surface area contributed by atoms with Crippen molar-refractivity contribution >= 4 is 29.3 Å². The van der Waals surface area contributed by atoms with E-state index in [1.165, 1.54) is 11.3 Å². The van der Waals surface area contributed by atoms with Crippen LogP contribution < -0.4 is 10.6 Å². The molecular weight excluding hydrogens is 446 g/mol. The van der Waals surface area contributed by atoms with Crippen molar-refractivity contribution in [2.24, 2.45) is 0 Å². The average Bonchev–Trinajstić information content (AvgIpc) is 3.48. The second-order valence-corrected chi connectivity index (χ2v) is 8.00. The molecule has 2 aromatic heterocycles. The van der Waals surface area contributed by atoms with E-state index >= 15 is 0 Å². The third kappa shape index (κ3) is 4.80. The molecule has 1 aliphatic rings. The Morgan fingerprint density at radius 1 is 1.12 bits per heavy atom. The van der Waals surface area contributed by atoms with E-state index in [4.69, 9.17) is 13.9 Å². The fraction of sp³-hybridized carbons (Fsp3) is 0.217. The molecule has 2 amide bonds. The van der Waals surface area contributed by atoms with Gasteiger partial charge < -0.3 is 24.5 Å². The van der Waals surface area contributed by atoms with Crippen molar-refractivity contribution in [2.45, 2.75) is 19.9 Å². The molecule has 0 bridgehead atoms. The first kappa shape index (κ1) is 22.3. The molecular formula is C23H21N3O6S. The van der Waals surface area contributed by atoms with Gasteiger partial charge in [0.15, 0.2) is 5.69 Å². The van der Waals surface area contributed by atoms with Crippen molar-refractivity contribution in [1.29, 1.82) is 0 Å². The van der Waals surface area contributed by atoms with E-state index in [-0.39, 0.29) is 30.2 Å². The number of rotatable bonds is 7. The SMILES string of the molecule is CCOC(=O)C1=C(COC(=O)c2nc(-c3ccccc3)oc2C)NC(=O)NC1c1cccs1. The second-order valence-electron chi connectivity index (χ2n) is 7.03. The Bertz CT molecular complexity index is 1200. The zero-order chi connectivity index (χ0) is 23.4. The van der Waals surface area contributed by atoms with Gasteiger partial charge in [0.05, 0.1) is 23.9 Å². The van der Waals surface area contributed by atoms with E-state index in [9.17, 15) is 14.4 Å². The van der Waals surface area contributed by atoms with Gasteiger partial charge >= 0.3 is 18.0 Å². The van der Waals surface area contributed by atoms with Crippen LogP contribution in [-0.4, -0.2) is 36.2 Å². The summed E-state index contributed by atoms with van der Waals surface area (Å²) in [6, 6.07) is 11.5. The maximum Gasteiger partial charge on any atom is 0.361 e. The number of carbonyl (C=O) groups is 3. The number of nitrogens with zero attached hydrogens (tertiary/aromatic N) is 1. The molecule has 10 heteroatoms. The third-order valence-electron chi connectivity index (χ3n) is 4.83. The van der Waals surface area contributed by atoms with Crippen LogP contribution in [0.15, 0.2) is 63.5 Å². The molecule has 0 fully saturated rings. The Kier molecular flexibility index (Phi) is 6.55. The van der Waals surface area contributed by atoms with Crippen LogP contribution in [0, 0.1) is 6.92 Å². The van der Waals surface area contributed by atoms with Crippen LogP contribution in [0.25, 0.3) is 11.5 Å². The van der Waals surface area contributed by atoms with Crippen LogP contribution in [0.4, 0.5) is 4.79 Å². The molecule has 170 valence electrons. The standard InChI is InChI=1S/C23H21N3O6S/c1-3-30-21(27)17-15(24-23(29)26-19(17)16-10-7-11-33-16)12-31-22(28)18-13(2)32-20(25-18)14-8-5-4-6-9-14/h4-11,19H,3,12H2,1-2H3,(H2,24,26,29). The van der Waals surface area contributed by atoms with E-state index in [2.05, 4.69) is 15.6 Å². The molecule has 33 heavy (non-hydrogen) atoms. The molecule has 0 spiro atoms. The number of ether oxygens (including phenoxy) is 2. The molecule has 0 saturated heterocycles. The number of nitrogens with one attached hydrogen (secondary N) is 2. The van der Waals surface area contributed by atoms with Gasteiger partial charge in [-0.2, -0.15) is 0 Å². The smallest absolute Gasteiger partial charge is 0.361 e. The van der Waals surface area contributed by atoms with Crippen molar-refractivity contribution in [3.63, 3.8) is 0 Å². The minimum Gasteiger partial charge on any atom is -0.463 e. The molecule has 0 aliphatic carbocycles. The van der Waals surface area contributed by atoms with Gasteiger partial charge in [-0.05, 0) is 37.4 Å². The Balaban J connectivity index is 1.59. The second kappa shape index (κ2) is 9.70. The first-order valence-corrected chi connectivity index (χ1v) is 11.1. The third-order valence-corrected chi connectivity index (χ3v) is 5.77. The van der Waals surface area contributed by atoms with Crippen LogP contribution in [0.3, 0.4) is 0 Å². The zero-order valence-corrected chi connectivity index (χ0v) is 18.7. The Hall–Kier alpha value is -3.92. The topological polar surface area (TPSA) is 120 Å². The lowest BCUT2D eigenvalue weighted by atomic mass is 10.0. The van der Waals surface area contributed by atoms with Gasteiger partial charge in [0, 0.05) is 10.4 Å². The predicted molar refractivity (Wildman–Crippen MR) is 119 cm³/mol. The highest BCUT2D eigenvalue weighted by Crippen LogP contribution is 2.31. The molecule has 0 radical (unpaired) electrons. The summed E-state index contributed by atoms with van der Waals surface area (Å²) >= 11 is 1.38. The minimum atomic E-state index is -0.741. The number of amides is 2. The highest BCUT2D eigenvalue weighted by molar-refractivity contribution is 7.10. The monoisotopic (exact) mass is 467 g/mol. The lowest BCUT2D eigenvalue weighted by Crippen LogP contribution is -2.46. The number of hydrogen-bond acceptors (Lipinski definition) is 8. The van der Waals surface area contributed by atoms with E-state index in [1.807, 2.05) is 41.8 Å². The molecule has 3 aromatic rings. The molecule has 2 N–H and O–H groups in total. The van der Waals surface area contributed by atoms with Gasteiger partial charge in [0.25, 0.3) is 0 Å². The van der Waals surface area contributed by atoms with Crippen molar-refractivity contribution in [3.05, 3.63) is 75.4 Å². The first-order chi connectivity index (χ1) is 16.0. The number of carbonyl (C=O) groups excluding carboxylic acids is 3. The molecule has 1 unspecified atom stereocenters. The fourth-order valence-corrected chi connectivity index (χ4v) is 4.13. The highest BCUT2D eigenvalue weighted by Gasteiger charge is 2.35. The van der Waals surface area contributed by atoms with E-state index in [0.29, 0.717) is 11.7 Å². The van der Waals surface area contributed by atoms with E-state index in [0.717, 1.165) is 10.4 Å². The summed E-state index contributed by atoms with van der Waals surface area (Å²) in [5, 5.41) is 7.12. The van der Waals surface area contributed by atoms with Crippen molar-refractivity contribution < 1.29 is 28.3 Å². The molecule has 1 aromatic carbocycles.